The maximum absolute atomic E-state index is 12.0. The lowest BCUT2D eigenvalue weighted by Gasteiger charge is -2.17. The Morgan fingerprint density at radius 1 is 0.625 bits per heavy atom. The van der Waals surface area contributed by atoms with Crippen LogP contribution in [0.1, 0.15) is 58.8 Å². The standard InChI is InChI=1S/C19H29N3O10/c1-3-11(24)4-5-13(18(29)30)21-16(26)9-7-14(19(31)32)22-15(25)8-6-12(17(27)28)20-10(2)23/h12-14H,3-9H2,1-2H3,(H,20,23)(H,21,26)(H,22,25)(H,27,28)(H,29,30)(H,31,32)/t12-,13-,14-/m0/s1. The molecule has 0 radical (unpaired) electrons. The summed E-state index contributed by atoms with van der Waals surface area (Å²) in [6.07, 6.45) is -1.32. The highest BCUT2D eigenvalue weighted by Gasteiger charge is 2.25. The number of rotatable bonds is 16. The summed E-state index contributed by atoms with van der Waals surface area (Å²) in [5.41, 5.74) is 0. The summed E-state index contributed by atoms with van der Waals surface area (Å²) >= 11 is 0. The van der Waals surface area contributed by atoms with Crippen LogP contribution in [0.5, 0.6) is 0 Å². The number of ketones is 1. The minimum absolute atomic E-state index is 0.0304. The molecule has 0 aliphatic rings. The van der Waals surface area contributed by atoms with Gasteiger partial charge in [-0.25, -0.2) is 14.4 Å². The van der Waals surface area contributed by atoms with Crippen LogP contribution in [-0.2, 0) is 33.6 Å². The van der Waals surface area contributed by atoms with Crippen LogP contribution in [0.25, 0.3) is 0 Å². The maximum atomic E-state index is 12.0. The van der Waals surface area contributed by atoms with Crippen LogP contribution >= 0.6 is 0 Å². The Hall–Kier alpha value is -3.51. The third-order valence-electron chi connectivity index (χ3n) is 4.37. The van der Waals surface area contributed by atoms with Gasteiger partial charge in [0, 0.05) is 32.6 Å². The summed E-state index contributed by atoms with van der Waals surface area (Å²) in [5, 5.41) is 33.9. The molecule has 3 amide bonds. The molecule has 0 aliphatic carbocycles. The molecule has 0 bridgehead atoms. The van der Waals surface area contributed by atoms with Crippen LogP contribution < -0.4 is 16.0 Å². The van der Waals surface area contributed by atoms with E-state index in [1.807, 2.05) is 0 Å². The maximum Gasteiger partial charge on any atom is 0.326 e. The van der Waals surface area contributed by atoms with Crippen molar-refractivity contribution in [3.63, 3.8) is 0 Å². The van der Waals surface area contributed by atoms with Gasteiger partial charge in [-0.1, -0.05) is 6.92 Å². The average Bonchev–Trinajstić information content (AvgIpc) is 2.69. The first-order valence-electron chi connectivity index (χ1n) is 9.93. The quantitative estimate of drug-likeness (QED) is 0.166. The van der Waals surface area contributed by atoms with Crippen molar-refractivity contribution < 1.29 is 48.9 Å². The minimum Gasteiger partial charge on any atom is -0.480 e. The molecule has 32 heavy (non-hydrogen) atoms. The van der Waals surface area contributed by atoms with Crippen molar-refractivity contribution in [2.75, 3.05) is 0 Å². The Morgan fingerprint density at radius 2 is 0.969 bits per heavy atom. The fourth-order valence-electron chi connectivity index (χ4n) is 2.58. The van der Waals surface area contributed by atoms with Crippen LogP contribution in [0.3, 0.4) is 0 Å². The lowest BCUT2D eigenvalue weighted by atomic mass is 10.1. The number of carbonyl (C=O) groups excluding carboxylic acids is 4. The van der Waals surface area contributed by atoms with Gasteiger partial charge in [-0.3, -0.25) is 19.2 Å². The van der Waals surface area contributed by atoms with Crippen LogP contribution in [-0.4, -0.2) is 74.9 Å². The second-order valence-corrected chi connectivity index (χ2v) is 7.02. The first-order valence-corrected chi connectivity index (χ1v) is 9.93. The fourth-order valence-corrected chi connectivity index (χ4v) is 2.58. The smallest absolute Gasteiger partial charge is 0.326 e. The van der Waals surface area contributed by atoms with E-state index in [-0.39, 0.29) is 44.3 Å². The molecule has 0 heterocycles. The van der Waals surface area contributed by atoms with Crippen LogP contribution in [0.2, 0.25) is 0 Å². The van der Waals surface area contributed by atoms with Gasteiger partial charge in [-0.05, 0) is 19.3 Å². The van der Waals surface area contributed by atoms with Crippen LogP contribution in [0, 0.1) is 0 Å². The molecule has 0 aromatic heterocycles. The summed E-state index contributed by atoms with van der Waals surface area (Å²) in [7, 11) is 0. The molecule has 0 unspecified atom stereocenters. The Balaban J connectivity index is 4.71. The van der Waals surface area contributed by atoms with E-state index in [1.165, 1.54) is 0 Å². The minimum atomic E-state index is -1.47. The molecule has 180 valence electrons. The molecule has 0 saturated heterocycles. The van der Waals surface area contributed by atoms with Crippen LogP contribution in [0.15, 0.2) is 0 Å². The molecule has 0 rings (SSSR count). The number of aliphatic carboxylic acids is 3. The molecule has 0 saturated carbocycles. The zero-order valence-electron chi connectivity index (χ0n) is 17.9. The van der Waals surface area contributed by atoms with Gasteiger partial charge in [0.15, 0.2) is 0 Å². The molecule has 13 nitrogen and oxygen atoms in total. The number of carboxylic acid groups (broad SMARTS) is 3. The zero-order chi connectivity index (χ0) is 24.8. The van der Waals surface area contributed by atoms with Gasteiger partial charge in [-0.2, -0.15) is 0 Å². The number of hydrogen-bond acceptors (Lipinski definition) is 7. The molecule has 3 atom stereocenters. The zero-order valence-corrected chi connectivity index (χ0v) is 17.9. The number of Topliss-reactive ketones (excluding diaryl/α,β-unsaturated/α-hetero) is 1. The van der Waals surface area contributed by atoms with E-state index in [0.717, 1.165) is 6.92 Å². The Bertz CT molecular complexity index is 737. The van der Waals surface area contributed by atoms with E-state index in [9.17, 15) is 38.7 Å². The summed E-state index contributed by atoms with van der Waals surface area (Å²) in [4.78, 5) is 79.9. The topological polar surface area (TPSA) is 216 Å². The van der Waals surface area contributed by atoms with Gasteiger partial charge in [0.1, 0.15) is 23.9 Å². The second-order valence-electron chi connectivity index (χ2n) is 7.02. The number of amides is 3. The Labute approximate surface area is 183 Å². The molecule has 0 aromatic carbocycles. The van der Waals surface area contributed by atoms with Gasteiger partial charge in [0.05, 0.1) is 0 Å². The van der Waals surface area contributed by atoms with Crippen molar-refractivity contribution in [3.05, 3.63) is 0 Å². The fraction of sp³-hybridized carbons (Fsp3) is 0.632. The number of nitrogens with one attached hydrogen (secondary N) is 3. The first-order chi connectivity index (χ1) is 14.9. The SMILES string of the molecule is CCC(=O)CC[C@H](NC(=O)CC[C@H](NC(=O)CC[C@H](NC(C)=O)C(=O)O)C(=O)O)C(=O)O. The molecule has 0 fully saturated rings. The third kappa shape index (κ3) is 12.2. The highest BCUT2D eigenvalue weighted by molar-refractivity contribution is 5.87. The van der Waals surface area contributed by atoms with E-state index in [0.29, 0.717) is 0 Å². The monoisotopic (exact) mass is 459 g/mol. The van der Waals surface area contributed by atoms with E-state index in [2.05, 4.69) is 16.0 Å². The molecule has 0 spiro atoms. The average molecular weight is 459 g/mol. The predicted molar refractivity (Wildman–Crippen MR) is 107 cm³/mol. The van der Waals surface area contributed by atoms with Gasteiger partial charge in [-0.15, -0.1) is 0 Å². The van der Waals surface area contributed by atoms with Crippen molar-refractivity contribution in [2.45, 2.75) is 76.9 Å². The van der Waals surface area contributed by atoms with Gasteiger partial charge >= 0.3 is 17.9 Å². The molecule has 0 aliphatic heterocycles. The number of carboxylic acids is 3. The largest absolute Gasteiger partial charge is 0.480 e. The second kappa shape index (κ2) is 14.5. The molecule has 0 aromatic rings. The van der Waals surface area contributed by atoms with Gasteiger partial charge in [0.25, 0.3) is 0 Å². The van der Waals surface area contributed by atoms with E-state index in [1.54, 1.807) is 6.92 Å². The summed E-state index contributed by atoms with van der Waals surface area (Å²) in [5.74, 6) is -6.46. The highest BCUT2D eigenvalue weighted by Crippen LogP contribution is 2.05. The summed E-state index contributed by atoms with van der Waals surface area (Å²) in [6, 6.07) is -4.10. The molecular formula is C19H29N3O10. The normalized spacial score (nSPS) is 13.2. The molecule has 13 heteroatoms. The Kier molecular flexibility index (Phi) is 12.9. The number of hydrogen-bond donors (Lipinski definition) is 6. The first kappa shape index (κ1) is 28.5. The van der Waals surface area contributed by atoms with Crippen molar-refractivity contribution in [1.82, 2.24) is 16.0 Å². The van der Waals surface area contributed by atoms with Crippen molar-refractivity contribution in [2.24, 2.45) is 0 Å². The van der Waals surface area contributed by atoms with E-state index >= 15 is 0 Å². The summed E-state index contributed by atoms with van der Waals surface area (Å²) < 4.78 is 0. The van der Waals surface area contributed by atoms with Gasteiger partial charge < -0.3 is 31.3 Å². The number of carbonyl (C=O) groups is 7. The lowest BCUT2D eigenvalue weighted by Crippen LogP contribution is -2.45. The lowest BCUT2D eigenvalue weighted by molar-refractivity contribution is -0.144. The predicted octanol–water partition coefficient (Wildman–Crippen LogP) is -0.966. The summed E-state index contributed by atoms with van der Waals surface area (Å²) in [6.45, 7) is 2.73. The van der Waals surface area contributed by atoms with Crippen LogP contribution in [0.4, 0.5) is 0 Å². The Morgan fingerprint density at radius 3 is 1.28 bits per heavy atom. The van der Waals surface area contributed by atoms with Crippen molar-refractivity contribution in [1.29, 1.82) is 0 Å². The highest BCUT2D eigenvalue weighted by atomic mass is 16.4. The van der Waals surface area contributed by atoms with Crippen molar-refractivity contribution in [3.8, 4) is 0 Å². The van der Waals surface area contributed by atoms with E-state index in [4.69, 9.17) is 10.2 Å². The van der Waals surface area contributed by atoms with E-state index < -0.39 is 60.2 Å². The molecular weight excluding hydrogens is 430 g/mol. The molecule has 6 N–H and O–H groups in total. The third-order valence-corrected chi connectivity index (χ3v) is 4.37. The van der Waals surface area contributed by atoms with Gasteiger partial charge in [0.2, 0.25) is 17.7 Å². The van der Waals surface area contributed by atoms with Crippen molar-refractivity contribution >= 4 is 41.4 Å².